The molecule has 0 aliphatic carbocycles. The van der Waals surface area contributed by atoms with E-state index in [1.54, 1.807) is 62.7 Å². The van der Waals surface area contributed by atoms with Gasteiger partial charge in [0, 0.05) is 77.8 Å². The minimum Gasteiger partial charge on any atom is -0.386 e. The van der Waals surface area contributed by atoms with Gasteiger partial charge in [-0.05, 0) is 86.0 Å². The van der Waals surface area contributed by atoms with Crippen LogP contribution in [0.2, 0.25) is 0 Å². The first kappa shape index (κ1) is 50.0. The van der Waals surface area contributed by atoms with Crippen LogP contribution in [-0.2, 0) is 51.3 Å². The van der Waals surface area contributed by atoms with Crippen LogP contribution in [0.3, 0.4) is 0 Å². The van der Waals surface area contributed by atoms with Crippen LogP contribution in [0.4, 0.5) is 11.4 Å². The lowest BCUT2D eigenvalue weighted by Crippen LogP contribution is -2.58. The monoisotopic (exact) mass is 974 g/mol. The molecule has 2 aliphatic heterocycles. The predicted octanol–water partition coefficient (Wildman–Crippen LogP) is 3.49. The van der Waals surface area contributed by atoms with Gasteiger partial charge in [-0.3, -0.25) is 0 Å². The van der Waals surface area contributed by atoms with Gasteiger partial charge in [0.15, 0.2) is 0 Å². The van der Waals surface area contributed by atoms with Crippen LogP contribution in [0.25, 0.3) is 0 Å². The standard InChI is InChI=1S/2C20H29N3O5S3/c2*1-20(2,24)16-7-9-17(10-8-16)23-12-11-22(31(27,28)19-6-5-13-29-19)15-18(23)14-21(3)30(4,25)26/h2*5-10,13,18,24H,11-12,14-15H2,1-4H3/t2*18-/m00/s1. The predicted molar refractivity (Wildman–Crippen MR) is 247 cm³/mol. The summed E-state index contributed by atoms with van der Waals surface area (Å²) < 4.78 is 106. The Morgan fingerprint density at radius 1 is 0.565 bits per heavy atom. The van der Waals surface area contributed by atoms with E-state index in [0.717, 1.165) is 35.0 Å². The van der Waals surface area contributed by atoms with E-state index in [2.05, 4.69) is 0 Å². The number of piperazine rings is 2. The van der Waals surface area contributed by atoms with Crippen molar-refractivity contribution in [2.75, 3.05) is 88.8 Å². The number of likely N-dealkylation sites (N-methyl/N-ethyl adjacent to an activating group) is 2. The van der Waals surface area contributed by atoms with Crippen molar-refractivity contribution in [2.45, 2.75) is 59.4 Å². The average molecular weight is 975 g/mol. The second-order valence-electron chi connectivity index (χ2n) is 16.6. The molecule has 0 amide bonds. The number of nitrogens with zero attached hydrogens (tertiary/aromatic N) is 6. The van der Waals surface area contributed by atoms with Crippen molar-refractivity contribution in [1.82, 2.24) is 17.2 Å². The molecule has 0 radical (unpaired) electrons. The third-order valence-electron chi connectivity index (χ3n) is 10.9. The molecular weight excluding hydrogens is 917 g/mol. The Labute approximate surface area is 375 Å². The lowest BCUT2D eigenvalue weighted by molar-refractivity contribution is 0.0780. The first-order valence-electron chi connectivity index (χ1n) is 19.7. The maximum atomic E-state index is 13.0. The molecule has 2 aromatic heterocycles. The molecule has 2 aromatic carbocycles. The van der Waals surface area contributed by atoms with Crippen LogP contribution in [0.5, 0.6) is 0 Å². The minimum absolute atomic E-state index is 0.155. The number of sulfonamides is 4. The highest BCUT2D eigenvalue weighted by Gasteiger charge is 2.38. The zero-order valence-electron chi connectivity index (χ0n) is 36.2. The Hall–Kier alpha value is -3.00. The lowest BCUT2D eigenvalue weighted by Gasteiger charge is -2.43. The average Bonchev–Trinajstić information content (AvgIpc) is 3.94. The minimum atomic E-state index is -3.63. The Morgan fingerprint density at radius 2 is 0.887 bits per heavy atom. The molecule has 4 heterocycles. The van der Waals surface area contributed by atoms with Crippen LogP contribution in [0, 0.1) is 0 Å². The van der Waals surface area contributed by atoms with Gasteiger partial charge >= 0.3 is 0 Å². The Kier molecular flexibility index (Phi) is 15.5. The Morgan fingerprint density at radius 3 is 1.15 bits per heavy atom. The zero-order valence-corrected chi connectivity index (χ0v) is 41.1. The fraction of sp³-hybridized carbons (Fsp3) is 0.500. The van der Waals surface area contributed by atoms with Crippen LogP contribution >= 0.6 is 22.7 Å². The highest BCUT2D eigenvalue weighted by molar-refractivity contribution is 7.91. The third kappa shape index (κ3) is 12.2. The van der Waals surface area contributed by atoms with Gasteiger partial charge in [-0.1, -0.05) is 36.4 Å². The molecule has 0 bridgehead atoms. The van der Waals surface area contributed by atoms with Gasteiger partial charge in [-0.15, -0.1) is 22.7 Å². The van der Waals surface area contributed by atoms with E-state index in [-0.39, 0.29) is 46.7 Å². The highest BCUT2D eigenvalue weighted by atomic mass is 32.3. The molecule has 2 N–H and O–H groups in total. The molecule has 0 spiro atoms. The third-order valence-corrected chi connectivity index (χ3v) is 20.0. The van der Waals surface area contributed by atoms with Gasteiger partial charge in [0.2, 0.25) is 20.0 Å². The summed E-state index contributed by atoms with van der Waals surface area (Å²) in [7, 11) is -11.1. The van der Waals surface area contributed by atoms with E-state index in [0.29, 0.717) is 26.2 Å². The number of hydrogen-bond donors (Lipinski definition) is 2. The van der Waals surface area contributed by atoms with Gasteiger partial charge in [0.05, 0.1) is 35.8 Å². The fourth-order valence-corrected chi connectivity index (χ4v) is 13.3. The Bertz CT molecular complexity index is 2360. The van der Waals surface area contributed by atoms with Crippen molar-refractivity contribution in [3.8, 4) is 0 Å². The van der Waals surface area contributed by atoms with Gasteiger partial charge in [0.25, 0.3) is 20.0 Å². The van der Waals surface area contributed by atoms with E-state index in [1.807, 2.05) is 58.3 Å². The molecule has 2 saturated heterocycles. The number of rotatable bonds is 14. The number of benzene rings is 2. The maximum Gasteiger partial charge on any atom is 0.252 e. The molecule has 16 nitrogen and oxygen atoms in total. The number of anilines is 2. The van der Waals surface area contributed by atoms with Crippen LogP contribution < -0.4 is 9.80 Å². The van der Waals surface area contributed by atoms with Crippen molar-refractivity contribution >= 4 is 74.1 Å². The van der Waals surface area contributed by atoms with E-state index in [9.17, 15) is 43.9 Å². The van der Waals surface area contributed by atoms with Crippen molar-refractivity contribution in [2.24, 2.45) is 0 Å². The van der Waals surface area contributed by atoms with Gasteiger partial charge in [-0.25, -0.2) is 42.3 Å². The van der Waals surface area contributed by atoms with Crippen LogP contribution in [0.1, 0.15) is 38.8 Å². The van der Waals surface area contributed by atoms with Crippen molar-refractivity contribution < 1.29 is 43.9 Å². The molecule has 2 fully saturated rings. The molecular formula is C40H58N6O10S6. The summed E-state index contributed by atoms with van der Waals surface area (Å²) in [5.41, 5.74) is 1.30. The van der Waals surface area contributed by atoms with Gasteiger partial charge in [-0.2, -0.15) is 8.61 Å². The fourth-order valence-electron chi connectivity index (χ4n) is 7.14. The zero-order chi connectivity index (χ0) is 46.1. The van der Waals surface area contributed by atoms with E-state index in [1.165, 1.54) is 54.0 Å². The summed E-state index contributed by atoms with van der Waals surface area (Å²) in [5, 5.41) is 23.9. The van der Waals surface area contributed by atoms with E-state index >= 15 is 0 Å². The second-order valence-corrected chi connectivity index (χ2v) is 27.0. The number of aliphatic hydroxyl groups is 2. The van der Waals surface area contributed by atoms with Crippen molar-refractivity contribution in [3.63, 3.8) is 0 Å². The first-order valence-corrected chi connectivity index (χ1v) is 28.0. The molecule has 2 aliphatic rings. The summed E-state index contributed by atoms with van der Waals surface area (Å²) in [6.45, 7) is 8.94. The SMILES string of the molecule is CN(C[C@H]1CN(S(=O)(=O)c2cccs2)CCN1c1ccc(C(C)(C)O)cc1)S(C)(=O)=O.CN(C[C@H]1CN(S(=O)(=O)c2cccs2)CCN1c1ccc(C(C)(C)O)cc1)S(C)(=O)=O. The smallest absolute Gasteiger partial charge is 0.252 e. The van der Waals surface area contributed by atoms with Gasteiger partial charge in [0.1, 0.15) is 8.42 Å². The summed E-state index contributed by atoms with van der Waals surface area (Å²) >= 11 is 2.34. The normalized spacial score (nSPS) is 19.2. The second kappa shape index (κ2) is 19.2. The molecule has 62 heavy (non-hydrogen) atoms. The lowest BCUT2D eigenvalue weighted by atomic mass is 9.98. The maximum absolute atomic E-state index is 13.0. The largest absolute Gasteiger partial charge is 0.386 e. The van der Waals surface area contributed by atoms with Crippen molar-refractivity contribution in [1.29, 1.82) is 0 Å². The van der Waals surface area contributed by atoms with Crippen molar-refractivity contribution in [3.05, 3.63) is 94.7 Å². The molecule has 344 valence electrons. The summed E-state index contributed by atoms with van der Waals surface area (Å²) in [6, 6.07) is 20.7. The highest BCUT2D eigenvalue weighted by Crippen LogP contribution is 2.31. The van der Waals surface area contributed by atoms with E-state index < -0.39 is 51.3 Å². The molecule has 6 rings (SSSR count). The summed E-state index contributed by atoms with van der Waals surface area (Å²) in [4.78, 5) is 4.08. The topological polar surface area (TPSA) is 196 Å². The molecule has 0 saturated carbocycles. The quantitative estimate of drug-likeness (QED) is 0.187. The first-order chi connectivity index (χ1) is 28.6. The number of hydrogen-bond acceptors (Lipinski definition) is 14. The van der Waals surface area contributed by atoms with Crippen LogP contribution in [-0.4, -0.2) is 152 Å². The number of thiophene rings is 2. The molecule has 2 atom stereocenters. The summed E-state index contributed by atoms with van der Waals surface area (Å²) in [5.74, 6) is 0. The van der Waals surface area contributed by atoms with Gasteiger partial charge < -0.3 is 20.0 Å². The molecule has 4 aromatic rings. The van der Waals surface area contributed by atoms with E-state index in [4.69, 9.17) is 0 Å². The molecule has 22 heteroatoms. The van der Waals surface area contributed by atoms with Crippen LogP contribution in [0.15, 0.2) is 92.0 Å². The Balaban J connectivity index is 0.000000234. The molecule has 0 unspecified atom stereocenters. The summed E-state index contributed by atoms with van der Waals surface area (Å²) in [6.07, 6.45) is 2.27.